The Kier molecular flexibility index (Phi) is 4.96. The molecule has 12 heteroatoms. The van der Waals surface area contributed by atoms with Gasteiger partial charge < -0.3 is 16.2 Å². The maximum absolute atomic E-state index is 12.6. The molecule has 0 aliphatic rings. The standard InChI is InChI=1S/C17H14N2O8S2/c18-15-3-1-2-13-12(15)4-5-14(16(13)20)17(21)19-9-6-10(28(22,23)24)8-11(7-9)29(25,26)27/h1-8,20H,18H2,(H,19,21)(H,22,23,24)(H,25,26,27). The number of rotatable bonds is 4. The Bertz CT molecular complexity index is 1320. The monoisotopic (exact) mass is 438 g/mol. The number of aromatic hydroxyl groups is 1. The lowest BCUT2D eigenvalue weighted by atomic mass is 10.0. The summed E-state index contributed by atoms with van der Waals surface area (Å²) in [5.41, 5.74) is 5.64. The molecular weight excluding hydrogens is 424 g/mol. The largest absolute Gasteiger partial charge is 0.506 e. The van der Waals surface area contributed by atoms with Gasteiger partial charge in [0.1, 0.15) is 5.75 Å². The van der Waals surface area contributed by atoms with Crippen molar-refractivity contribution in [1.82, 2.24) is 0 Å². The van der Waals surface area contributed by atoms with Crippen molar-refractivity contribution in [2.24, 2.45) is 0 Å². The molecule has 0 radical (unpaired) electrons. The van der Waals surface area contributed by atoms with Gasteiger partial charge in [-0.1, -0.05) is 18.2 Å². The van der Waals surface area contributed by atoms with Crippen LogP contribution >= 0.6 is 0 Å². The Labute approximate surface area is 165 Å². The molecule has 0 aliphatic heterocycles. The summed E-state index contributed by atoms with van der Waals surface area (Å²) in [5, 5.41) is 13.4. The number of nitrogens with one attached hydrogen (secondary N) is 1. The molecule has 0 heterocycles. The number of carbonyl (C=O) groups excluding carboxylic acids is 1. The SMILES string of the molecule is Nc1cccc2c(O)c(C(=O)Nc3cc(S(=O)(=O)O)cc(S(=O)(=O)O)c3)ccc12. The van der Waals surface area contributed by atoms with Crippen molar-refractivity contribution < 1.29 is 35.8 Å². The summed E-state index contributed by atoms with van der Waals surface area (Å²) < 4.78 is 63.8. The first-order valence-corrected chi connectivity index (χ1v) is 10.7. The fraction of sp³-hybridized carbons (Fsp3) is 0. The number of amides is 1. The minimum atomic E-state index is -4.84. The number of hydrogen-bond acceptors (Lipinski definition) is 7. The number of nitrogen functional groups attached to an aromatic ring is 1. The van der Waals surface area contributed by atoms with Gasteiger partial charge in [-0.2, -0.15) is 16.8 Å². The van der Waals surface area contributed by atoms with Gasteiger partial charge in [0.15, 0.2) is 0 Å². The lowest BCUT2D eigenvalue weighted by Crippen LogP contribution is -2.14. The molecule has 0 bridgehead atoms. The van der Waals surface area contributed by atoms with Crippen molar-refractivity contribution in [3.8, 4) is 5.75 Å². The zero-order valence-corrected chi connectivity index (χ0v) is 16.0. The van der Waals surface area contributed by atoms with Crippen molar-refractivity contribution in [2.75, 3.05) is 11.1 Å². The molecule has 6 N–H and O–H groups in total. The second-order valence-corrected chi connectivity index (χ2v) is 8.84. The zero-order chi connectivity index (χ0) is 21.6. The van der Waals surface area contributed by atoms with Crippen LogP contribution in [0.4, 0.5) is 11.4 Å². The number of nitrogens with two attached hydrogens (primary N) is 1. The molecule has 0 unspecified atom stereocenters. The molecule has 10 nitrogen and oxygen atoms in total. The maximum Gasteiger partial charge on any atom is 0.294 e. The second-order valence-electron chi connectivity index (χ2n) is 6.00. The minimum absolute atomic E-state index is 0.200. The lowest BCUT2D eigenvalue weighted by molar-refractivity contribution is 0.102. The van der Waals surface area contributed by atoms with E-state index in [1.54, 1.807) is 12.1 Å². The maximum atomic E-state index is 12.6. The summed E-state index contributed by atoms with van der Waals surface area (Å²) in [6.07, 6.45) is 0. The van der Waals surface area contributed by atoms with Gasteiger partial charge in [-0.25, -0.2) is 0 Å². The summed E-state index contributed by atoms with van der Waals surface area (Å²) in [7, 11) is -9.68. The Morgan fingerprint density at radius 2 is 1.45 bits per heavy atom. The third-order valence-electron chi connectivity index (χ3n) is 4.05. The molecule has 0 aromatic heterocycles. The first-order valence-electron chi connectivity index (χ1n) is 7.79. The van der Waals surface area contributed by atoms with Gasteiger partial charge in [-0.3, -0.25) is 13.9 Å². The summed E-state index contributed by atoms with van der Waals surface area (Å²) >= 11 is 0. The topological polar surface area (TPSA) is 184 Å². The number of hydrogen-bond donors (Lipinski definition) is 5. The lowest BCUT2D eigenvalue weighted by Gasteiger charge is -2.11. The predicted molar refractivity (Wildman–Crippen MR) is 104 cm³/mol. The van der Waals surface area contributed by atoms with Crippen molar-refractivity contribution in [3.63, 3.8) is 0 Å². The molecule has 0 saturated heterocycles. The average Bonchev–Trinajstić information content (AvgIpc) is 2.61. The first kappa shape index (κ1) is 20.5. The van der Waals surface area contributed by atoms with Gasteiger partial charge in [-0.05, 0) is 30.3 Å². The van der Waals surface area contributed by atoms with Crippen LogP contribution in [0.5, 0.6) is 5.75 Å². The number of anilines is 2. The van der Waals surface area contributed by atoms with Gasteiger partial charge >= 0.3 is 0 Å². The van der Waals surface area contributed by atoms with Crippen LogP contribution in [-0.2, 0) is 20.2 Å². The molecule has 0 atom stereocenters. The summed E-state index contributed by atoms with van der Waals surface area (Å²) in [6, 6.07) is 9.60. The molecule has 152 valence electrons. The summed E-state index contributed by atoms with van der Waals surface area (Å²) in [6.45, 7) is 0. The highest BCUT2D eigenvalue weighted by Crippen LogP contribution is 2.32. The molecule has 3 rings (SSSR count). The molecule has 3 aromatic carbocycles. The first-order chi connectivity index (χ1) is 13.4. The molecule has 1 amide bonds. The predicted octanol–water partition coefficient (Wildman–Crippen LogP) is 1.87. The molecule has 0 aliphatic carbocycles. The number of carbonyl (C=O) groups is 1. The van der Waals surface area contributed by atoms with Gasteiger partial charge in [0.05, 0.1) is 15.4 Å². The van der Waals surface area contributed by atoms with E-state index in [0.717, 1.165) is 12.1 Å². The highest BCUT2D eigenvalue weighted by atomic mass is 32.2. The van der Waals surface area contributed by atoms with Gasteiger partial charge in [0.25, 0.3) is 26.1 Å². The fourth-order valence-electron chi connectivity index (χ4n) is 2.69. The number of benzene rings is 3. The van der Waals surface area contributed by atoms with E-state index in [9.17, 15) is 35.8 Å². The third-order valence-corrected chi connectivity index (χ3v) is 5.71. The number of phenolic OH excluding ortho intramolecular Hbond substituents is 1. The molecule has 0 saturated carbocycles. The van der Waals surface area contributed by atoms with Crippen LogP contribution in [0.3, 0.4) is 0 Å². The summed E-state index contributed by atoms with van der Waals surface area (Å²) in [5.74, 6) is -1.30. The number of fused-ring (bicyclic) bond motifs is 1. The fourth-order valence-corrected chi connectivity index (χ4v) is 3.87. The van der Waals surface area contributed by atoms with Crippen LogP contribution in [0.15, 0.2) is 58.3 Å². The number of phenols is 1. The second kappa shape index (κ2) is 7.00. The quantitative estimate of drug-likeness (QED) is 0.299. The minimum Gasteiger partial charge on any atom is -0.506 e. The van der Waals surface area contributed by atoms with Gasteiger partial charge in [-0.15, -0.1) is 0 Å². The van der Waals surface area contributed by atoms with E-state index in [1.165, 1.54) is 18.2 Å². The van der Waals surface area contributed by atoms with Gasteiger partial charge in [0, 0.05) is 22.1 Å². The van der Waals surface area contributed by atoms with Crippen molar-refractivity contribution in [3.05, 3.63) is 54.1 Å². The van der Waals surface area contributed by atoms with Crippen molar-refractivity contribution >= 4 is 48.3 Å². The van der Waals surface area contributed by atoms with Gasteiger partial charge in [0.2, 0.25) is 0 Å². The van der Waals surface area contributed by atoms with E-state index in [4.69, 9.17) is 5.73 Å². The van der Waals surface area contributed by atoms with Crippen LogP contribution in [-0.4, -0.2) is 37.0 Å². The van der Waals surface area contributed by atoms with E-state index < -0.39 is 41.7 Å². The van der Waals surface area contributed by atoms with Crippen molar-refractivity contribution in [1.29, 1.82) is 0 Å². The Morgan fingerprint density at radius 3 is 2.00 bits per heavy atom. The van der Waals surface area contributed by atoms with Crippen LogP contribution in [0.2, 0.25) is 0 Å². The molecule has 0 spiro atoms. The van der Waals surface area contributed by atoms with E-state index in [2.05, 4.69) is 5.32 Å². The highest BCUT2D eigenvalue weighted by molar-refractivity contribution is 7.86. The molecule has 29 heavy (non-hydrogen) atoms. The molecule has 0 fully saturated rings. The normalized spacial score (nSPS) is 12.1. The summed E-state index contributed by atoms with van der Waals surface area (Å²) in [4.78, 5) is 10.8. The Balaban J connectivity index is 2.07. The van der Waals surface area contributed by atoms with E-state index >= 15 is 0 Å². The third kappa shape index (κ3) is 4.14. The Hall–Kier alpha value is -3.19. The van der Waals surface area contributed by atoms with E-state index in [0.29, 0.717) is 22.5 Å². The van der Waals surface area contributed by atoms with Crippen LogP contribution in [0.25, 0.3) is 10.8 Å². The highest BCUT2D eigenvalue weighted by Gasteiger charge is 2.20. The van der Waals surface area contributed by atoms with E-state index in [-0.39, 0.29) is 11.3 Å². The zero-order valence-electron chi connectivity index (χ0n) is 14.4. The van der Waals surface area contributed by atoms with Crippen LogP contribution in [0, 0.1) is 0 Å². The van der Waals surface area contributed by atoms with Crippen LogP contribution < -0.4 is 11.1 Å². The smallest absolute Gasteiger partial charge is 0.294 e. The molecule has 3 aromatic rings. The van der Waals surface area contributed by atoms with Crippen LogP contribution in [0.1, 0.15) is 10.4 Å². The van der Waals surface area contributed by atoms with E-state index in [1.807, 2.05) is 0 Å². The van der Waals surface area contributed by atoms with Crippen molar-refractivity contribution in [2.45, 2.75) is 9.79 Å². The molecular formula is C17H14N2O8S2. The average molecular weight is 438 g/mol. The Morgan fingerprint density at radius 1 is 0.862 bits per heavy atom.